The molecule has 1 aromatic carbocycles. The molecule has 22 heavy (non-hydrogen) atoms. The first-order valence-electron chi connectivity index (χ1n) is 7.60. The van der Waals surface area contributed by atoms with E-state index in [0.29, 0.717) is 12.8 Å². The van der Waals surface area contributed by atoms with Gasteiger partial charge in [0.2, 0.25) is 5.91 Å². The lowest BCUT2D eigenvalue weighted by atomic mass is 9.70. The predicted molar refractivity (Wildman–Crippen MR) is 88.8 cm³/mol. The maximum atomic E-state index is 12.6. The molecule has 0 saturated carbocycles. The van der Waals surface area contributed by atoms with Crippen molar-refractivity contribution in [2.24, 2.45) is 5.41 Å². The molecule has 3 rings (SSSR count). The second-order valence-corrected chi connectivity index (χ2v) is 7.79. The molecule has 116 valence electrons. The average Bonchev–Trinajstić information content (AvgIpc) is 2.44. The minimum atomic E-state index is -0.0942. The van der Waals surface area contributed by atoms with Crippen molar-refractivity contribution in [2.45, 2.75) is 43.9 Å². The molecule has 4 heteroatoms. The van der Waals surface area contributed by atoms with E-state index in [1.807, 2.05) is 18.4 Å². The fourth-order valence-electron chi connectivity index (χ4n) is 3.48. The van der Waals surface area contributed by atoms with Crippen LogP contribution in [-0.2, 0) is 9.59 Å². The highest BCUT2D eigenvalue weighted by Gasteiger charge is 2.40. The Hall–Kier alpha value is -1.55. The van der Waals surface area contributed by atoms with E-state index in [0.717, 1.165) is 23.3 Å². The van der Waals surface area contributed by atoms with Crippen LogP contribution in [0, 0.1) is 5.41 Å². The van der Waals surface area contributed by atoms with Crippen LogP contribution in [0.1, 0.15) is 44.6 Å². The van der Waals surface area contributed by atoms with E-state index < -0.39 is 0 Å². The van der Waals surface area contributed by atoms with Gasteiger partial charge in [-0.15, -0.1) is 11.8 Å². The van der Waals surface area contributed by atoms with E-state index >= 15 is 0 Å². The quantitative estimate of drug-likeness (QED) is 0.847. The molecule has 1 aliphatic carbocycles. The number of carbonyl (C=O) groups excluding carboxylic acids is 2. The summed E-state index contributed by atoms with van der Waals surface area (Å²) in [6.45, 7) is 4.16. The summed E-state index contributed by atoms with van der Waals surface area (Å²) in [6.07, 6.45) is 3.72. The molecule has 0 spiro atoms. The highest BCUT2D eigenvalue weighted by molar-refractivity contribution is 7.98. The number of Topliss-reactive ketones (excluding diaryl/α,β-unsaturated/α-hetero) is 1. The van der Waals surface area contributed by atoms with Crippen molar-refractivity contribution in [1.29, 1.82) is 0 Å². The number of allylic oxidation sites excluding steroid dienone is 2. The van der Waals surface area contributed by atoms with Crippen LogP contribution in [0.5, 0.6) is 0 Å². The van der Waals surface area contributed by atoms with Gasteiger partial charge in [0.15, 0.2) is 5.78 Å². The topological polar surface area (TPSA) is 46.2 Å². The molecule has 0 saturated heterocycles. The summed E-state index contributed by atoms with van der Waals surface area (Å²) in [4.78, 5) is 25.9. The van der Waals surface area contributed by atoms with Crippen molar-refractivity contribution in [3.05, 3.63) is 41.1 Å². The highest BCUT2D eigenvalue weighted by Crippen LogP contribution is 2.43. The molecule has 0 aromatic heterocycles. The zero-order valence-electron chi connectivity index (χ0n) is 13.2. The van der Waals surface area contributed by atoms with E-state index in [-0.39, 0.29) is 23.0 Å². The molecular weight excluding hydrogens is 294 g/mol. The molecule has 0 fully saturated rings. The number of benzene rings is 1. The lowest BCUT2D eigenvalue weighted by Gasteiger charge is -2.37. The van der Waals surface area contributed by atoms with Crippen LogP contribution < -0.4 is 5.32 Å². The Morgan fingerprint density at radius 1 is 1.14 bits per heavy atom. The Morgan fingerprint density at radius 2 is 1.82 bits per heavy atom. The second kappa shape index (κ2) is 5.58. The van der Waals surface area contributed by atoms with E-state index in [4.69, 9.17) is 0 Å². The van der Waals surface area contributed by atoms with Gasteiger partial charge >= 0.3 is 0 Å². The molecule has 3 nitrogen and oxygen atoms in total. The highest BCUT2D eigenvalue weighted by atomic mass is 32.2. The molecule has 1 heterocycles. The van der Waals surface area contributed by atoms with Crippen molar-refractivity contribution in [2.75, 3.05) is 6.26 Å². The van der Waals surface area contributed by atoms with Crippen molar-refractivity contribution >= 4 is 23.5 Å². The van der Waals surface area contributed by atoms with E-state index in [9.17, 15) is 9.59 Å². The second-order valence-electron chi connectivity index (χ2n) is 6.91. The van der Waals surface area contributed by atoms with Crippen LogP contribution in [0.2, 0.25) is 0 Å². The Labute approximate surface area is 135 Å². The Bertz CT molecular complexity index is 658. The zero-order chi connectivity index (χ0) is 15.9. The standard InChI is InChI=1S/C18H21NO2S/c1-18(2)9-14-17(15(20)10-18)13(8-16(21)19-14)11-4-6-12(22-3)7-5-11/h4-7,13H,8-10H2,1-3H3,(H,19,21)/t13-/m0/s1. The maximum absolute atomic E-state index is 12.6. The number of ketones is 1. The van der Waals surface area contributed by atoms with Gasteiger partial charge in [-0.3, -0.25) is 9.59 Å². The van der Waals surface area contributed by atoms with Crippen molar-refractivity contribution < 1.29 is 9.59 Å². The van der Waals surface area contributed by atoms with Crippen LogP contribution in [0.15, 0.2) is 40.4 Å². The van der Waals surface area contributed by atoms with Gasteiger partial charge in [0, 0.05) is 34.9 Å². The Morgan fingerprint density at radius 3 is 2.45 bits per heavy atom. The summed E-state index contributed by atoms with van der Waals surface area (Å²) >= 11 is 1.69. The number of thioether (sulfide) groups is 1. The van der Waals surface area contributed by atoms with Gasteiger partial charge < -0.3 is 5.32 Å². The summed E-state index contributed by atoms with van der Waals surface area (Å²) in [7, 11) is 0. The summed E-state index contributed by atoms with van der Waals surface area (Å²) in [5, 5.41) is 2.94. The van der Waals surface area contributed by atoms with Gasteiger partial charge in [0.05, 0.1) is 0 Å². The summed E-state index contributed by atoms with van der Waals surface area (Å²) in [5.74, 6) is 0.108. The first kappa shape index (κ1) is 15.3. The molecule has 1 aromatic rings. The molecule has 1 aliphatic heterocycles. The summed E-state index contributed by atoms with van der Waals surface area (Å²) in [5.41, 5.74) is 2.66. The number of amides is 1. The molecule has 1 atom stereocenters. The van der Waals surface area contributed by atoms with E-state index in [1.54, 1.807) is 11.8 Å². The molecular formula is C18H21NO2S. The maximum Gasteiger partial charge on any atom is 0.225 e. The van der Waals surface area contributed by atoms with Crippen molar-refractivity contribution in [3.8, 4) is 0 Å². The molecule has 2 aliphatic rings. The number of nitrogens with one attached hydrogen (secondary N) is 1. The van der Waals surface area contributed by atoms with Gasteiger partial charge in [-0.1, -0.05) is 26.0 Å². The van der Waals surface area contributed by atoms with Crippen LogP contribution in [-0.4, -0.2) is 17.9 Å². The number of carbonyl (C=O) groups is 2. The fourth-order valence-corrected chi connectivity index (χ4v) is 3.89. The van der Waals surface area contributed by atoms with E-state index in [1.165, 1.54) is 4.90 Å². The Balaban J connectivity index is 2.02. The number of hydrogen-bond acceptors (Lipinski definition) is 3. The van der Waals surface area contributed by atoms with Gasteiger partial charge in [-0.25, -0.2) is 0 Å². The van der Waals surface area contributed by atoms with Gasteiger partial charge in [0.25, 0.3) is 0 Å². The van der Waals surface area contributed by atoms with Crippen molar-refractivity contribution in [3.63, 3.8) is 0 Å². The van der Waals surface area contributed by atoms with Gasteiger partial charge in [-0.2, -0.15) is 0 Å². The fraction of sp³-hybridized carbons (Fsp3) is 0.444. The van der Waals surface area contributed by atoms with Crippen LogP contribution >= 0.6 is 11.8 Å². The molecule has 1 N–H and O–H groups in total. The lowest BCUT2D eigenvalue weighted by molar-refractivity contribution is -0.122. The molecule has 1 amide bonds. The number of rotatable bonds is 2. The minimum Gasteiger partial charge on any atom is -0.329 e. The first-order valence-corrected chi connectivity index (χ1v) is 8.82. The Kier molecular flexibility index (Phi) is 3.89. The molecule has 0 radical (unpaired) electrons. The molecule has 0 unspecified atom stereocenters. The third kappa shape index (κ3) is 2.84. The largest absolute Gasteiger partial charge is 0.329 e. The summed E-state index contributed by atoms with van der Waals surface area (Å²) in [6, 6.07) is 8.22. The normalized spacial score (nSPS) is 24.0. The predicted octanol–water partition coefficient (Wildman–Crippen LogP) is 3.66. The van der Waals surface area contributed by atoms with Crippen LogP contribution in [0.3, 0.4) is 0 Å². The van der Waals surface area contributed by atoms with Gasteiger partial charge in [0.1, 0.15) is 0 Å². The summed E-state index contributed by atoms with van der Waals surface area (Å²) < 4.78 is 0. The third-order valence-electron chi connectivity index (χ3n) is 4.47. The van der Waals surface area contributed by atoms with Crippen molar-refractivity contribution in [1.82, 2.24) is 5.32 Å². The monoisotopic (exact) mass is 315 g/mol. The number of hydrogen-bond donors (Lipinski definition) is 1. The zero-order valence-corrected chi connectivity index (χ0v) is 14.0. The van der Waals surface area contributed by atoms with Gasteiger partial charge in [-0.05, 0) is 35.8 Å². The minimum absolute atomic E-state index is 0.0168. The average molecular weight is 315 g/mol. The van der Waals surface area contributed by atoms with E-state index in [2.05, 4.69) is 31.3 Å². The third-order valence-corrected chi connectivity index (χ3v) is 5.21. The van der Waals surface area contributed by atoms with Crippen LogP contribution in [0.25, 0.3) is 0 Å². The lowest BCUT2D eigenvalue weighted by Crippen LogP contribution is -2.40. The first-order chi connectivity index (χ1) is 10.4. The molecule has 0 bridgehead atoms. The SMILES string of the molecule is CSc1ccc([C@@H]2CC(=O)NC3=C2C(=O)CC(C)(C)C3)cc1. The van der Waals surface area contributed by atoms with Crippen LogP contribution in [0.4, 0.5) is 0 Å². The smallest absolute Gasteiger partial charge is 0.225 e.